The number of alkyl halides is 2. The van der Waals surface area contributed by atoms with E-state index in [1.54, 1.807) is 19.2 Å². The predicted molar refractivity (Wildman–Crippen MR) is 81.3 cm³/mol. The van der Waals surface area contributed by atoms with E-state index in [4.69, 9.17) is 0 Å². The maximum Gasteiger partial charge on any atom is 0.387 e. The van der Waals surface area contributed by atoms with Gasteiger partial charge in [-0.1, -0.05) is 17.8 Å². The zero-order chi connectivity index (χ0) is 15.9. The first-order chi connectivity index (χ1) is 10.5. The van der Waals surface area contributed by atoms with E-state index in [1.807, 2.05) is 12.1 Å². The summed E-state index contributed by atoms with van der Waals surface area (Å²) < 4.78 is 28.3. The van der Waals surface area contributed by atoms with Gasteiger partial charge in [0.1, 0.15) is 5.75 Å². The smallest absolute Gasteiger partial charge is 0.387 e. The van der Waals surface area contributed by atoms with Crippen LogP contribution >= 0.6 is 11.8 Å². The van der Waals surface area contributed by atoms with Crippen molar-refractivity contribution in [1.82, 2.24) is 4.98 Å². The van der Waals surface area contributed by atoms with Crippen LogP contribution in [-0.2, 0) is 4.79 Å². The number of benzene rings is 1. The number of rotatable bonds is 6. The number of nitrogens with one attached hydrogen (secondary N) is 1. The van der Waals surface area contributed by atoms with Crippen molar-refractivity contribution >= 4 is 23.4 Å². The highest BCUT2D eigenvalue weighted by molar-refractivity contribution is 8.00. The van der Waals surface area contributed by atoms with Gasteiger partial charge in [-0.05, 0) is 43.3 Å². The molecule has 0 aliphatic carbocycles. The fourth-order valence-corrected chi connectivity index (χ4v) is 2.42. The van der Waals surface area contributed by atoms with Crippen molar-refractivity contribution in [2.45, 2.75) is 23.8 Å². The Morgan fingerprint density at radius 3 is 2.55 bits per heavy atom. The zero-order valence-electron chi connectivity index (χ0n) is 11.7. The molecule has 1 atom stereocenters. The van der Waals surface area contributed by atoms with E-state index < -0.39 is 6.61 Å². The van der Waals surface area contributed by atoms with Gasteiger partial charge in [-0.2, -0.15) is 8.78 Å². The first kappa shape index (κ1) is 16.2. The summed E-state index contributed by atoms with van der Waals surface area (Å²) in [5.74, 6) is -0.151. The molecule has 0 saturated carbocycles. The van der Waals surface area contributed by atoms with Crippen LogP contribution in [0.3, 0.4) is 0 Å². The second-order valence-corrected chi connectivity index (χ2v) is 5.68. The van der Waals surface area contributed by atoms with Crippen molar-refractivity contribution in [2.24, 2.45) is 0 Å². The predicted octanol–water partition coefficient (Wildman–Crippen LogP) is 3.80. The lowest BCUT2D eigenvalue weighted by atomic mass is 10.3. The third-order valence-electron chi connectivity index (χ3n) is 2.65. The molecule has 1 unspecified atom stereocenters. The Labute approximate surface area is 130 Å². The van der Waals surface area contributed by atoms with Gasteiger partial charge in [0.05, 0.1) is 10.3 Å². The lowest BCUT2D eigenvalue weighted by Crippen LogP contribution is -2.22. The summed E-state index contributed by atoms with van der Waals surface area (Å²) in [6.45, 7) is -1.10. The largest absolute Gasteiger partial charge is 0.435 e. The number of carbonyl (C=O) groups is 1. The minimum absolute atomic E-state index is 0.0453. The SMILES string of the molecule is CC(Sc1ccccn1)C(=O)Nc1ccc(OC(F)F)cc1. The maximum absolute atomic E-state index is 12.1. The highest BCUT2D eigenvalue weighted by Gasteiger charge is 2.15. The number of ether oxygens (including phenoxy) is 1. The number of aromatic nitrogens is 1. The number of hydrogen-bond donors (Lipinski definition) is 1. The summed E-state index contributed by atoms with van der Waals surface area (Å²) in [4.78, 5) is 16.2. The molecule has 0 bridgehead atoms. The second kappa shape index (κ2) is 7.74. The van der Waals surface area contributed by atoms with Crippen LogP contribution < -0.4 is 10.1 Å². The molecule has 1 heterocycles. The standard InChI is InChI=1S/C15H14F2N2O2S/c1-10(22-13-4-2-3-9-18-13)14(20)19-11-5-7-12(8-6-11)21-15(16)17/h2-10,15H,1H3,(H,19,20). The molecule has 1 aromatic carbocycles. The normalized spacial score (nSPS) is 12.0. The Hall–Kier alpha value is -2.15. The lowest BCUT2D eigenvalue weighted by Gasteiger charge is -2.12. The molecule has 4 nitrogen and oxygen atoms in total. The van der Waals surface area contributed by atoms with Gasteiger partial charge in [0.25, 0.3) is 0 Å². The number of anilines is 1. The Balaban J connectivity index is 1.90. The maximum atomic E-state index is 12.1. The molecule has 1 amide bonds. The summed E-state index contributed by atoms with van der Waals surface area (Å²) in [6.07, 6.45) is 1.66. The van der Waals surface area contributed by atoms with Crippen LogP contribution in [-0.4, -0.2) is 22.8 Å². The molecular formula is C15H14F2N2O2S. The van der Waals surface area contributed by atoms with Gasteiger partial charge in [0, 0.05) is 11.9 Å². The molecule has 7 heteroatoms. The monoisotopic (exact) mass is 324 g/mol. The molecule has 116 valence electrons. The van der Waals surface area contributed by atoms with Crippen molar-refractivity contribution in [3.63, 3.8) is 0 Å². The number of carbonyl (C=O) groups excluding carboxylic acids is 1. The van der Waals surface area contributed by atoms with Crippen molar-refractivity contribution in [1.29, 1.82) is 0 Å². The van der Waals surface area contributed by atoms with Crippen LogP contribution in [0.4, 0.5) is 14.5 Å². The Morgan fingerprint density at radius 2 is 1.95 bits per heavy atom. The van der Waals surface area contributed by atoms with Crippen molar-refractivity contribution in [2.75, 3.05) is 5.32 Å². The first-order valence-electron chi connectivity index (χ1n) is 6.48. The highest BCUT2D eigenvalue weighted by Crippen LogP contribution is 2.23. The molecule has 1 N–H and O–H groups in total. The van der Waals surface area contributed by atoms with Crippen LogP contribution in [0.25, 0.3) is 0 Å². The third-order valence-corrected chi connectivity index (χ3v) is 3.70. The first-order valence-corrected chi connectivity index (χ1v) is 7.36. The van der Waals surface area contributed by atoms with Gasteiger partial charge in [-0.15, -0.1) is 0 Å². The highest BCUT2D eigenvalue weighted by atomic mass is 32.2. The molecule has 0 radical (unpaired) electrons. The fourth-order valence-electron chi connectivity index (χ4n) is 1.62. The van der Waals surface area contributed by atoms with Gasteiger partial charge >= 0.3 is 6.61 Å². The van der Waals surface area contributed by atoms with Crippen molar-refractivity contribution in [3.8, 4) is 5.75 Å². The fraction of sp³-hybridized carbons (Fsp3) is 0.200. The van der Waals surface area contributed by atoms with E-state index in [1.165, 1.54) is 36.0 Å². The number of halogens is 2. The Morgan fingerprint density at radius 1 is 1.23 bits per heavy atom. The van der Waals surface area contributed by atoms with Crippen LogP contribution in [0, 0.1) is 0 Å². The number of hydrogen-bond acceptors (Lipinski definition) is 4. The number of nitrogens with zero attached hydrogens (tertiary/aromatic N) is 1. The summed E-state index contributed by atoms with van der Waals surface area (Å²) in [6, 6.07) is 11.2. The molecule has 2 rings (SSSR count). The number of amides is 1. The van der Waals surface area contributed by atoms with Gasteiger partial charge in [-0.3, -0.25) is 4.79 Å². The molecule has 0 saturated heterocycles. The summed E-state index contributed by atoms with van der Waals surface area (Å²) >= 11 is 1.34. The van der Waals surface area contributed by atoms with E-state index in [0.717, 1.165) is 5.03 Å². The van der Waals surface area contributed by atoms with Gasteiger partial charge < -0.3 is 10.1 Å². The van der Waals surface area contributed by atoms with E-state index in [0.29, 0.717) is 5.69 Å². The molecule has 0 aliphatic heterocycles. The molecule has 2 aromatic rings. The average Bonchev–Trinajstić information content (AvgIpc) is 2.49. The summed E-state index contributed by atoms with van der Waals surface area (Å²) in [5.41, 5.74) is 0.514. The average molecular weight is 324 g/mol. The second-order valence-electron chi connectivity index (χ2n) is 4.32. The molecule has 0 spiro atoms. The summed E-state index contributed by atoms with van der Waals surface area (Å²) in [5, 5.41) is 3.13. The topological polar surface area (TPSA) is 51.2 Å². The number of thioether (sulfide) groups is 1. The lowest BCUT2D eigenvalue weighted by molar-refractivity contribution is -0.115. The van der Waals surface area contributed by atoms with Crippen LogP contribution in [0.15, 0.2) is 53.7 Å². The molecule has 22 heavy (non-hydrogen) atoms. The molecular weight excluding hydrogens is 310 g/mol. The molecule has 1 aromatic heterocycles. The Kier molecular flexibility index (Phi) is 5.71. The minimum Gasteiger partial charge on any atom is -0.435 e. The van der Waals surface area contributed by atoms with Crippen LogP contribution in [0.2, 0.25) is 0 Å². The van der Waals surface area contributed by atoms with E-state index in [9.17, 15) is 13.6 Å². The molecule has 0 aliphatic rings. The minimum atomic E-state index is -2.87. The summed E-state index contributed by atoms with van der Waals surface area (Å²) in [7, 11) is 0. The van der Waals surface area contributed by atoms with E-state index >= 15 is 0 Å². The van der Waals surface area contributed by atoms with Gasteiger partial charge in [0.2, 0.25) is 5.91 Å². The van der Waals surface area contributed by atoms with Crippen LogP contribution in [0.5, 0.6) is 5.75 Å². The van der Waals surface area contributed by atoms with Gasteiger partial charge in [-0.25, -0.2) is 4.98 Å². The molecule has 0 fully saturated rings. The van der Waals surface area contributed by atoms with Crippen LogP contribution in [0.1, 0.15) is 6.92 Å². The van der Waals surface area contributed by atoms with Crippen molar-refractivity contribution < 1.29 is 18.3 Å². The quantitative estimate of drug-likeness (QED) is 0.821. The van der Waals surface area contributed by atoms with Gasteiger partial charge in [0.15, 0.2) is 0 Å². The van der Waals surface area contributed by atoms with E-state index in [-0.39, 0.29) is 16.9 Å². The van der Waals surface area contributed by atoms with E-state index in [2.05, 4.69) is 15.0 Å². The Bertz CT molecular complexity index is 609. The number of pyridine rings is 1. The third kappa shape index (κ3) is 5.00. The zero-order valence-corrected chi connectivity index (χ0v) is 12.5. The van der Waals surface area contributed by atoms with Crippen molar-refractivity contribution in [3.05, 3.63) is 48.7 Å².